The van der Waals surface area contributed by atoms with Crippen molar-refractivity contribution in [2.24, 2.45) is 7.05 Å². The van der Waals surface area contributed by atoms with Gasteiger partial charge in [-0.25, -0.2) is 0 Å². The molecule has 2 heterocycles. The predicted octanol–water partition coefficient (Wildman–Crippen LogP) is 2.35. The highest BCUT2D eigenvalue weighted by atomic mass is 35.5. The minimum atomic E-state index is 0.674. The Labute approximate surface area is 121 Å². The smallest absolute Gasteiger partial charge is 0.0860 e. The van der Waals surface area contributed by atoms with Crippen LogP contribution in [0.1, 0.15) is 37.1 Å². The summed E-state index contributed by atoms with van der Waals surface area (Å²) in [5.74, 6) is 0. The van der Waals surface area contributed by atoms with E-state index in [9.17, 15) is 0 Å². The van der Waals surface area contributed by atoms with E-state index in [1.165, 1.54) is 32.2 Å². The molecule has 0 aromatic carbocycles. The van der Waals surface area contributed by atoms with Crippen LogP contribution in [0.4, 0.5) is 0 Å². The number of likely N-dealkylation sites (tertiary alicyclic amines) is 1. The van der Waals surface area contributed by atoms with Gasteiger partial charge >= 0.3 is 0 Å². The monoisotopic (exact) mass is 284 g/mol. The average Bonchev–Trinajstić information content (AvgIpc) is 2.64. The number of nitrogens with one attached hydrogen (secondary N) is 1. The predicted molar refractivity (Wildman–Crippen MR) is 79.5 cm³/mol. The molecule has 1 saturated heterocycles. The van der Waals surface area contributed by atoms with Gasteiger partial charge in [-0.3, -0.25) is 9.58 Å². The Balaban J connectivity index is 2.06. The molecule has 0 saturated carbocycles. The van der Waals surface area contributed by atoms with E-state index in [1.807, 2.05) is 25.7 Å². The van der Waals surface area contributed by atoms with E-state index in [-0.39, 0.29) is 0 Å². The largest absolute Gasteiger partial charge is 0.320 e. The first-order valence-corrected chi connectivity index (χ1v) is 7.58. The lowest BCUT2D eigenvalue weighted by Gasteiger charge is -2.35. The van der Waals surface area contributed by atoms with Gasteiger partial charge in [0.1, 0.15) is 0 Å². The molecule has 1 aliphatic heterocycles. The van der Waals surface area contributed by atoms with Crippen molar-refractivity contribution in [1.29, 1.82) is 0 Å². The first-order valence-electron chi connectivity index (χ1n) is 7.20. The Hall–Kier alpha value is -0.580. The fourth-order valence-electron chi connectivity index (χ4n) is 2.95. The van der Waals surface area contributed by atoms with Crippen LogP contribution in [0.25, 0.3) is 0 Å². The molecular weight excluding hydrogens is 260 g/mol. The number of aryl methyl sites for hydroxylation is 2. The second-order valence-corrected chi connectivity index (χ2v) is 5.86. The van der Waals surface area contributed by atoms with Crippen molar-refractivity contribution < 1.29 is 0 Å². The van der Waals surface area contributed by atoms with E-state index in [0.29, 0.717) is 6.04 Å². The average molecular weight is 285 g/mol. The minimum Gasteiger partial charge on any atom is -0.320 e. The summed E-state index contributed by atoms with van der Waals surface area (Å²) in [7, 11) is 4.01. The van der Waals surface area contributed by atoms with Crippen LogP contribution in [-0.4, -0.2) is 40.9 Å². The molecule has 5 heteroatoms. The zero-order chi connectivity index (χ0) is 13.8. The number of halogens is 1. The van der Waals surface area contributed by atoms with Gasteiger partial charge in [0, 0.05) is 19.6 Å². The molecule has 1 aromatic rings. The van der Waals surface area contributed by atoms with Crippen LogP contribution < -0.4 is 5.32 Å². The van der Waals surface area contributed by atoms with Crippen LogP contribution in [0.15, 0.2) is 0 Å². The van der Waals surface area contributed by atoms with Crippen LogP contribution in [0.3, 0.4) is 0 Å². The van der Waals surface area contributed by atoms with Gasteiger partial charge in [0.2, 0.25) is 0 Å². The summed E-state index contributed by atoms with van der Waals surface area (Å²) >= 11 is 6.36. The maximum Gasteiger partial charge on any atom is 0.0860 e. The maximum absolute atomic E-state index is 6.36. The molecule has 1 aromatic heterocycles. The number of hydrogen-bond donors (Lipinski definition) is 1. The number of piperidine rings is 1. The molecule has 0 radical (unpaired) electrons. The van der Waals surface area contributed by atoms with E-state index in [1.54, 1.807) is 0 Å². The summed E-state index contributed by atoms with van der Waals surface area (Å²) in [6.07, 6.45) is 5.16. The molecule has 1 unspecified atom stereocenters. The Kier molecular flexibility index (Phi) is 5.25. The molecule has 1 fully saturated rings. The minimum absolute atomic E-state index is 0.674. The molecule has 0 aliphatic carbocycles. The Morgan fingerprint density at radius 2 is 2.21 bits per heavy atom. The quantitative estimate of drug-likeness (QED) is 0.901. The zero-order valence-corrected chi connectivity index (χ0v) is 13.0. The van der Waals surface area contributed by atoms with Crippen molar-refractivity contribution in [2.45, 2.75) is 45.2 Å². The third-order valence-corrected chi connectivity index (χ3v) is 4.58. The van der Waals surface area contributed by atoms with Gasteiger partial charge in [-0.2, -0.15) is 5.10 Å². The highest BCUT2D eigenvalue weighted by molar-refractivity contribution is 6.31. The Bertz CT molecular complexity index is 416. The van der Waals surface area contributed by atoms with Gasteiger partial charge in [-0.05, 0) is 46.3 Å². The molecule has 0 bridgehead atoms. The maximum atomic E-state index is 6.36. The SMILES string of the molecule is CNCCC1CCCCN1Cc1c(Cl)c(C)nn1C. The summed E-state index contributed by atoms with van der Waals surface area (Å²) in [4.78, 5) is 2.57. The molecule has 1 N–H and O–H groups in total. The lowest BCUT2D eigenvalue weighted by Crippen LogP contribution is -2.40. The van der Waals surface area contributed by atoms with Gasteiger partial charge in [-0.1, -0.05) is 18.0 Å². The second-order valence-electron chi connectivity index (χ2n) is 5.48. The second kappa shape index (κ2) is 6.73. The Morgan fingerprint density at radius 1 is 1.42 bits per heavy atom. The van der Waals surface area contributed by atoms with Crippen molar-refractivity contribution in [1.82, 2.24) is 20.0 Å². The van der Waals surface area contributed by atoms with E-state index in [4.69, 9.17) is 11.6 Å². The van der Waals surface area contributed by atoms with Gasteiger partial charge in [0.15, 0.2) is 0 Å². The standard InChI is InChI=1S/C14H25ClN4/c1-11-14(15)13(18(3)17-11)10-19-9-5-4-6-12(19)7-8-16-2/h12,16H,4-10H2,1-3H3. The van der Waals surface area contributed by atoms with Crippen molar-refractivity contribution in [3.63, 3.8) is 0 Å². The molecule has 1 aliphatic rings. The number of nitrogens with zero attached hydrogens (tertiary/aromatic N) is 3. The molecule has 0 amide bonds. The van der Waals surface area contributed by atoms with E-state index >= 15 is 0 Å². The molecule has 0 spiro atoms. The van der Waals surface area contributed by atoms with Crippen LogP contribution in [0.5, 0.6) is 0 Å². The number of aromatic nitrogens is 2. The highest BCUT2D eigenvalue weighted by Gasteiger charge is 2.24. The molecular formula is C14H25ClN4. The van der Waals surface area contributed by atoms with Crippen LogP contribution in [-0.2, 0) is 13.6 Å². The molecule has 19 heavy (non-hydrogen) atoms. The molecule has 4 nitrogen and oxygen atoms in total. The summed E-state index contributed by atoms with van der Waals surface area (Å²) in [5, 5.41) is 8.50. The van der Waals surface area contributed by atoms with E-state index < -0.39 is 0 Å². The normalized spacial score (nSPS) is 20.9. The summed E-state index contributed by atoms with van der Waals surface area (Å²) < 4.78 is 1.93. The van der Waals surface area contributed by atoms with Crippen molar-refractivity contribution in [2.75, 3.05) is 20.1 Å². The summed E-state index contributed by atoms with van der Waals surface area (Å²) in [6, 6.07) is 0.674. The van der Waals surface area contributed by atoms with Gasteiger partial charge < -0.3 is 5.32 Å². The molecule has 108 valence electrons. The fraction of sp³-hybridized carbons (Fsp3) is 0.786. The Morgan fingerprint density at radius 3 is 2.84 bits per heavy atom. The van der Waals surface area contributed by atoms with E-state index in [2.05, 4.69) is 15.3 Å². The highest BCUT2D eigenvalue weighted by Crippen LogP contribution is 2.26. The third kappa shape index (κ3) is 3.50. The van der Waals surface area contributed by atoms with Crippen molar-refractivity contribution >= 4 is 11.6 Å². The molecule has 1 atom stereocenters. The zero-order valence-electron chi connectivity index (χ0n) is 12.2. The summed E-state index contributed by atoms with van der Waals surface area (Å²) in [6.45, 7) is 5.15. The van der Waals surface area contributed by atoms with Gasteiger partial charge in [0.05, 0.1) is 16.4 Å². The number of rotatable bonds is 5. The first kappa shape index (κ1) is 14.8. The topological polar surface area (TPSA) is 33.1 Å². The van der Waals surface area contributed by atoms with Crippen molar-refractivity contribution in [3.8, 4) is 0 Å². The van der Waals surface area contributed by atoms with Crippen LogP contribution in [0.2, 0.25) is 5.02 Å². The van der Waals surface area contributed by atoms with Crippen molar-refractivity contribution in [3.05, 3.63) is 16.4 Å². The third-order valence-electron chi connectivity index (χ3n) is 4.09. The van der Waals surface area contributed by atoms with Gasteiger partial charge in [0.25, 0.3) is 0 Å². The fourth-order valence-corrected chi connectivity index (χ4v) is 3.17. The number of hydrogen-bond acceptors (Lipinski definition) is 3. The molecule has 2 rings (SSSR count). The van der Waals surface area contributed by atoms with E-state index in [0.717, 1.165) is 29.5 Å². The first-order chi connectivity index (χ1) is 9.13. The lowest BCUT2D eigenvalue weighted by molar-refractivity contribution is 0.129. The lowest BCUT2D eigenvalue weighted by atomic mass is 9.99. The van der Waals surface area contributed by atoms with Gasteiger partial charge in [-0.15, -0.1) is 0 Å². The van der Waals surface area contributed by atoms with Crippen LogP contribution in [0, 0.1) is 6.92 Å². The van der Waals surface area contributed by atoms with Crippen LogP contribution >= 0.6 is 11.6 Å². The summed E-state index contributed by atoms with van der Waals surface area (Å²) in [5.41, 5.74) is 2.08.